The van der Waals surface area contributed by atoms with Gasteiger partial charge < -0.3 is 15.5 Å². The Balaban J connectivity index is 0.00000364. The zero-order chi connectivity index (χ0) is 18.9. The Bertz CT molecular complexity index is 762. The summed E-state index contributed by atoms with van der Waals surface area (Å²) in [6.45, 7) is 8.59. The summed E-state index contributed by atoms with van der Waals surface area (Å²) in [5.74, 6) is 0.748. The van der Waals surface area contributed by atoms with E-state index in [4.69, 9.17) is 0 Å². The average molecular weight is 501 g/mol. The summed E-state index contributed by atoms with van der Waals surface area (Å²) in [5, 5.41) is 6.20. The summed E-state index contributed by atoms with van der Waals surface area (Å²) in [6.07, 6.45) is 0. The molecule has 0 unspecified atom stereocenters. The summed E-state index contributed by atoms with van der Waals surface area (Å²) < 4.78 is 0. The number of amides is 1. The highest BCUT2D eigenvalue weighted by molar-refractivity contribution is 14.0. The molecule has 0 saturated heterocycles. The number of nitrogens with zero attached hydrogens (tertiary/aromatic N) is 3. The van der Waals surface area contributed by atoms with Crippen LogP contribution in [0.4, 0.5) is 0 Å². The summed E-state index contributed by atoms with van der Waals surface area (Å²) in [4.78, 5) is 23.6. The Morgan fingerprint density at radius 2 is 2.00 bits per heavy atom. The molecule has 2 aromatic rings. The fourth-order valence-electron chi connectivity index (χ4n) is 2.52. The number of hydrogen-bond donors (Lipinski definition) is 2. The minimum Gasteiger partial charge on any atom is -0.357 e. The lowest BCUT2D eigenvalue weighted by atomic mass is 10.1. The molecule has 0 saturated carbocycles. The summed E-state index contributed by atoms with van der Waals surface area (Å²) in [5.41, 5.74) is 4.99. The third-order valence-corrected chi connectivity index (χ3v) is 4.90. The number of aliphatic imine (C=N–C) groups is 1. The highest BCUT2D eigenvalue weighted by atomic mass is 127. The number of carbonyl (C=O) groups is 1. The molecule has 148 valence electrons. The molecule has 0 fully saturated rings. The lowest BCUT2D eigenvalue weighted by Gasteiger charge is -2.23. The molecule has 6 nitrogen and oxygen atoms in total. The molecule has 2 rings (SSSR count). The second-order valence-electron chi connectivity index (χ2n) is 6.04. The second-order valence-corrected chi connectivity index (χ2v) is 6.90. The molecule has 0 aliphatic heterocycles. The van der Waals surface area contributed by atoms with E-state index in [9.17, 15) is 4.79 Å². The minimum absolute atomic E-state index is 0. The number of halogens is 1. The van der Waals surface area contributed by atoms with E-state index in [1.54, 1.807) is 5.51 Å². The molecule has 27 heavy (non-hydrogen) atoms. The predicted octanol–water partition coefficient (Wildman–Crippen LogP) is 3.21. The molecule has 0 aliphatic rings. The molecule has 0 aliphatic carbocycles. The second kappa shape index (κ2) is 11.9. The van der Waals surface area contributed by atoms with Crippen LogP contribution >= 0.6 is 35.3 Å². The number of nitrogens with one attached hydrogen (secondary N) is 2. The first-order valence-electron chi connectivity index (χ1n) is 8.75. The molecular formula is C19H28IN5OS. The first-order chi connectivity index (χ1) is 12.5. The van der Waals surface area contributed by atoms with E-state index < -0.39 is 0 Å². The Morgan fingerprint density at radius 3 is 2.63 bits per heavy atom. The van der Waals surface area contributed by atoms with Gasteiger partial charge in [0.05, 0.1) is 17.7 Å². The summed E-state index contributed by atoms with van der Waals surface area (Å²) >= 11 is 1.36. The van der Waals surface area contributed by atoms with E-state index in [0.717, 1.165) is 24.7 Å². The molecule has 1 amide bonds. The normalized spacial score (nSPS) is 10.9. The van der Waals surface area contributed by atoms with Gasteiger partial charge in [0.1, 0.15) is 4.88 Å². The fraction of sp³-hybridized carbons (Fsp3) is 0.421. The van der Waals surface area contributed by atoms with Crippen LogP contribution in [0.2, 0.25) is 0 Å². The van der Waals surface area contributed by atoms with Crippen LogP contribution in [0, 0.1) is 13.8 Å². The van der Waals surface area contributed by atoms with E-state index in [1.165, 1.54) is 22.5 Å². The third kappa shape index (κ3) is 7.10. The van der Waals surface area contributed by atoms with Gasteiger partial charge in [-0.25, -0.2) is 4.98 Å². The fourth-order valence-corrected chi connectivity index (χ4v) is 3.24. The van der Waals surface area contributed by atoms with Crippen molar-refractivity contribution in [2.45, 2.75) is 27.3 Å². The van der Waals surface area contributed by atoms with Crippen molar-refractivity contribution >= 4 is 47.2 Å². The number of hydrogen-bond acceptors (Lipinski definition) is 4. The minimum atomic E-state index is -0.0848. The van der Waals surface area contributed by atoms with Crippen LogP contribution in [-0.4, -0.2) is 48.4 Å². The Morgan fingerprint density at radius 1 is 1.26 bits per heavy atom. The van der Waals surface area contributed by atoms with Crippen molar-refractivity contribution in [1.82, 2.24) is 20.5 Å². The molecule has 1 aromatic heterocycles. The Hall–Kier alpha value is -1.68. The van der Waals surface area contributed by atoms with Crippen molar-refractivity contribution in [1.29, 1.82) is 0 Å². The van der Waals surface area contributed by atoms with Gasteiger partial charge >= 0.3 is 0 Å². The van der Waals surface area contributed by atoms with Gasteiger partial charge in [-0.1, -0.05) is 24.3 Å². The maximum atomic E-state index is 12.1. The van der Waals surface area contributed by atoms with Crippen molar-refractivity contribution in [2.24, 2.45) is 4.99 Å². The van der Waals surface area contributed by atoms with Crippen molar-refractivity contribution in [3.05, 3.63) is 51.5 Å². The number of aromatic nitrogens is 1. The van der Waals surface area contributed by atoms with E-state index >= 15 is 0 Å². The van der Waals surface area contributed by atoms with Gasteiger partial charge in [0.25, 0.3) is 5.91 Å². The van der Waals surface area contributed by atoms with E-state index in [0.29, 0.717) is 18.0 Å². The summed E-state index contributed by atoms with van der Waals surface area (Å²) in [6, 6.07) is 8.35. The molecule has 2 N–H and O–H groups in total. The van der Waals surface area contributed by atoms with Gasteiger partial charge in [0.15, 0.2) is 5.96 Å². The molecule has 1 heterocycles. The van der Waals surface area contributed by atoms with Crippen LogP contribution in [0.3, 0.4) is 0 Å². The van der Waals surface area contributed by atoms with Crippen LogP contribution in [0.5, 0.6) is 0 Å². The SMILES string of the molecule is CCNC(=NCCNC(=O)c1scnc1C)N(C)Cc1ccccc1C.I. The average Bonchev–Trinajstić information content (AvgIpc) is 3.05. The van der Waals surface area contributed by atoms with Gasteiger partial charge in [0.2, 0.25) is 0 Å². The lowest BCUT2D eigenvalue weighted by Crippen LogP contribution is -2.39. The third-order valence-electron chi connectivity index (χ3n) is 3.98. The molecule has 8 heteroatoms. The lowest BCUT2D eigenvalue weighted by molar-refractivity contribution is 0.0958. The first-order valence-corrected chi connectivity index (χ1v) is 9.63. The molecule has 0 atom stereocenters. The maximum Gasteiger partial charge on any atom is 0.263 e. The van der Waals surface area contributed by atoms with Crippen LogP contribution < -0.4 is 10.6 Å². The van der Waals surface area contributed by atoms with Gasteiger partial charge in [-0.15, -0.1) is 35.3 Å². The molecule has 1 aromatic carbocycles. The van der Waals surface area contributed by atoms with Crippen LogP contribution in [0.15, 0.2) is 34.8 Å². The van der Waals surface area contributed by atoms with Crippen LogP contribution in [-0.2, 0) is 6.54 Å². The highest BCUT2D eigenvalue weighted by Crippen LogP contribution is 2.11. The molecule has 0 spiro atoms. The highest BCUT2D eigenvalue weighted by Gasteiger charge is 2.11. The quantitative estimate of drug-likeness (QED) is 0.265. The largest absolute Gasteiger partial charge is 0.357 e. The van der Waals surface area contributed by atoms with E-state index in [2.05, 4.69) is 50.6 Å². The van der Waals surface area contributed by atoms with E-state index in [-0.39, 0.29) is 29.9 Å². The molecular weight excluding hydrogens is 473 g/mol. The number of benzene rings is 1. The number of thiazole rings is 1. The predicted molar refractivity (Wildman–Crippen MR) is 123 cm³/mol. The standard InChI is InChI=1S/C19H27N5OS.HI/c1-5-20-19(24(4)12-16-9-7-6-8-14(16)2)22-11-10-21-18(25)17-15(3)23-13-26-17;/h6-9,13H,5,10-12H2,1-4H3,(H,20,22)(H,21,25);1H. The van der Waals surface area contributed by atoms with Gasteiger partial charge in [-0.2, -0.15) is 0 Å². The number of rotatable bonds is 7. The zero-order valence-electron chi connectivity index (χ0n) is 16.3. The van der Waals surface area contributed by atoms with Gasteiger partial charge in [-0.3, -0.25) is 9.79 Å². The monoisotopic (exact) mass is 501 g/mol. The number of carbonyl (C=O) groups excluding carboxylic acids is 1. The number of aryl methyl sites for hydroxylation is 2. The van der Waals surface area contributed by atoms with Crippen molar-refractivity contribution in [3.8, 4) is 0 Å². The first kappa shape index (κ1) is 23.4. The Kier molecular flexibility index (Phi) is 10.3. The maximum absolute atomic E-state index is 12.1. The Labute approximate surface area is 182 Å². The van der Waals surface area contributed by atoms with Crippen molar-refractivity contribution in [3.63, 3.8) is 0 Å². The van der Waals surface area contributed by atoms with Gasteiger partial charge in [-0.05, 0) is 31.9 Å². The molecule has 0 bridgehead atoms. The van der Waals surface area contributed by atoms with E-state index in [1.807, 2.05) is 27.0 Å². The van der Waals surface area contributed by atoms with Crippen LogP contribution in [0.1, 0.15) is 33.4 Å². The van der Waals surface area contributed by atoms with Gasteiger partial charge in [0, 0.05) is 26.7 Å². The smallest absolute Gasteiger partial charge is 0.263 e. The number of guanidine groups is 1. The van der Waals surface area contributed by atoms with Crippen molar-refractivity contribution < 1.29 is 4.79 Å². The van der Waals surface area contributed by atoms with Crippen molar-refractivity contribution in [2.75, 3.05) is 26.7 Å². The topological polar surface area (TPSA) is 69.6 Å². The molecule has 0 radical (unpaired) electrons. The van der Waals surface area contributed by atoms with Crippen LogP contribution in [0.25, 0.3) is 0 Å². The summed E-state index contributed by atoms with van der Waals surface area (Å²) in [7, 11) is 2.02. The zero-order valence-corrected chi connectivity index (χ0v) is 19.4.